The molecule has 1 N–H and O–H groups in total. The van der Waals surface area contributed by atoms with E-state index in [1.54, 1.807) is 6.07 Å². The lowest BCUT2D eigenvalue weighted by Gasteiger charge is -2.11. The Morgan fingerprint density at radius 2 is 1.71 bits per heavy atom. The van der Waals surface area contributed by atoms with Crippen molar-refractivity contribution in [3.8, 4) is 0 Å². The van der Waals surface area contributed by atoms with Gasteiger partial charge in [-0.2, -0.15) is 4.99 Å². The first-order chi connectivity index (χ1) is 9.92. The summed E-state index contributed by atoms with van der Waals surface area (Å²) in [4.78, 5) is 13.7. The molecule has 0 bridgehead atoms. The minimum absolute atomic E-state index is 0.104. The lowest BCUT2D eigenvalue weighted by Crippen LogP contribution is -2.13. The first-order valence-corrected chi connectivity index (χ1v) is 7.69. The van der Waals surface area contributed by atoms with Gasteiger partial charge < -0.3 is 0 Å². The van der Waals surface area contributed by atoms with Gasteiger partial charge in [-0.1, -0.05) is 17.7 Å². The van der Waals surface area contributed by atoms with Gasteiger partial charge in [0, 0.05) is 0 Å². The molecule has 0 aliphatic heterocycles. The lowest BCUT2D eigenvalue weighted by molar-refractivity contribution is 0.565. The fourth-order valence-corrected chi connectivity index (χ4v) is 3.02. The molecule has 0 aliphatic rings. The van der Waals surface area contributed by atoms with Crippen molar-refractivity contribution in [3.05, 3.63) is 53.6 Å². The van der Waals surface area contributed by atoms with Crippen molar-refractivity contribution in [3.63, 3.8) is 0 Å². The molecular weight excluding hydrogens is 288 g/mol. The summed E-state index contributed by atoms with van der Waals surface area (Å²) in [6, 6.07) is 11.1. The maximum Gasteiger partial charge on any atom is 0.261 e. The smallest absolute Gasteiger partial charge is 0.261 e. The fourth-order valence-electron chi connectivity index (χ4n) is 1.88. The highest BCUT2D eigenvalue weighted by Crippen LogP contribution is 2.22. The molecule has 0 saturated heterocycles. The van der Waals surface area contributed by atoms with Crippen LogP contribution in [-0.2, 0) is 14.8 Å². The molecule has 0 saturated carbocycles. The van der Waals surface area contributed by atoms with Crippen LogP contribution in [-0.4, -0.2) is 14.5 Å². The molecule has 2 aromatic carbocycles. The van der Waals surface area contributed by atoms with E-state index < -0.39 is 10.0 Å². The zero-order valence-corrected chi connectivity index (χ0v) is 12.4. The number of nitrogens with one attached hydrogen (secondary N) is 1. The monoisotopic (exact) mass is 302 g/mol. The van der Waals surface area contributed by atoms with Gasteiger partial charge in [0.25, 0.3) is 10.0 Å². The lowest BCUT2D eigenvalue weighted by atomic mass is 10.1. The van der Waals surface area contributed by atoms with Gasteiger partial charge in [-0.3, -0.25) is 4.72 Å². The van der Waals surface area contributed by atoms with Crippen LogP contribution >= 0.6 is 0 Å². The summed E-state index contributed by atoms with van der Waals surface area (Å²) in [6.07, 6.45) is 1.40. The van der Waals surface area contributed by atoms with Crippen LogP contribution in [0.4, 0.5) is 11.4 Å². The highest BCUT2D eigenvalue weighted by molar-refractivity contribution is 7.92. The highest BCUT2D eigenvalue weighted by Gasteiger charge is 2.15. The SMILES string of the molecule is Cc1ccc(NS(=O)(=O)c2ccc(N=C=O)cc2)c(C)c1. The van der Waals surface area contributed by atoms with Crippen molar-refractivity contribution >= 4 is 27.5 Å². The summed E-state index contributed by atoms with van der Waals surface area (Å²) in [5, 5.41) is 0. The summed E-state index contributed by atoms with van der Waals surface area (Å²) in [5.41, 5.74) is 2.80. The zero-order chi connectivity index (χ0) is 15.5. The Kier molecular flexibility index (Phi) is 4.21. The maximum absolute atomic E-state index is 12.3. The van der Waals surface area contributed by atoms with Gasteiger partial charge in [-0.25, -0.2) is 13.2 Å². The summed E-state index contributed by atoms with van der Waals surface area (Å²) in [7, 11) is -3.67. The minimum atomic E-state index is -3.67. The van der Waals surface area contributed by atoms with E-state index in [0.29, 0.717) is 11.4 Å². The van der Waals surface area contributed by atoms with Crippen LogP contribution in [0.2, 0.25) is 0 Å². The number of sulfonamides is 1. The van der Waals surface area contributed by atoms with Gasteiger partial charge >= 0.3 is 0 Å². The van der Waals surface area contributed by atoms with E-state index in [-0.39, 0.29) is 4.90 Å². The molecule has 2 aromatic rings. The molecule has 2 rings (SSSR count). The van der Waals surface area contributed by atoms with Crippen LogP contribution in [0.3, 0.4) is 0 Å². The molecule has 0 aromatic heterocycles. The van der Waals surface area contributed by atoms with Crippen LogP contribution in [0.25, 0.3) is 0 Å². The fraction of sp³-hybridized carbons (Fsp3) is 0.133. The van der Waals surface area contributed by atoms with Gasteiger partial charge in [-0.05, 0) is 49.7 Å². The van der Waals surface area contributed by atoms with E-state index in [0.717, 1.165) is 11.1 Å². The standard InChI is InChI=1S/C15H14N2O3S/c1-11-3-8-15(12(2)9-11)17-21(19,20)14-6-4-13(5-7-14)16-10-18/h3-9,17H,1-2H3. The van der Waals surface area contributed by atoms with Crippen LogP contribution in [0.15, 0.2) is 52.4 Å². The quantitative estimate of drug-likeness (QED) is 0.696. The van der Waals surface area contributed by atoms with Crippen molar-refractivity contribution in [2.75, 3.05) is 4.72 Å². The minimum Gasteiger partial charge on any atom is -0.279 e. The number of nitrogens with zero attached hydrogens (tertiary/aromatic N) is 1. The third-order valence-corrected chi connectivity index (χ3v) is 4.33. The number of hydrogen-bond acceptors (Lipinski definition) is 4. The number of aryl methyl sites for hydroxylation is 2. The Bertz CT molecular complexity index is 805. The van der Waals surface area contributed by atoms with E-state index in [1.165, 1.54) is 30.3 Å². The van der Waals surface area contributed by atoms with Crippen molar-refractivity contribution in [2.24, 2.45) is 4.99 Å². The summed E-state index contributed by atoms with van der Waals surface area (Å²) >= 11 is 0. The average Bonchev–Trinajstić information content (AvgIpc) is 2.43. The van der Waals surface area contributed by atoms with Gasteiger partial charge in [-0.15, -0.1) is 0 Å². The molecule has 6 heteroatoms. The molecule has 0 atom stereocenters. The molecule has 21 heavy (non-hydrogen) atoms. The molecule has 0 aliphatic carbocycles. The van der Waals surface area contributed by atoms with E-state index in [2.05, 4.69) is 9.71 Å². The van der Waals surface area contributed by atoms with Crippen molar-refractivity contribution < 1.29 is 13.2 Å². The predicted octanol–water partition coefficient (Wildman–Crippen LogP) is 3.07. The second-order valence-electron chi connectivity index (χ2n) is 4.62. The first-order valence-electron chi connectivity index (χ1n) is 6.20. The summed E-state index contributed by atoms with van der Waals surface area (Å²) in [5.74, 6) is 0. The van der Waals surface area contributed by atoms with Crippen molar-refractivity contribution in [1.29, 1.82) is 0 Å². The molecule has 5 nitrogen and oxygen atoms in total. The molecule has 0 spiro atoms. The number of benzene rings is 2. The number of hydrogen-bond donors (Lipinski definition) is 1. The van der Waals surface area contributed by atoms with Crippen LogP contribution in [0.5, 0.6) is 0 Å². The van der Waals surface area contributed by atoms with Crippen LogP contribution in [0.1, 0.15) is 11.1 Å². The van der Waals surface area contributed by atoms with Crippen LogP contribution in [0, 0.1) is 13.8 Å². The third-order valence-electron chi connectivity index (χ3n) is 2.95. The predicted molar refractivity (Wildman–Crippen MR) is 80.9 cm³/mol. The van der Waals surface area contributed by atoms with Gasteiger partial charge in [0.05, 0.1) is 16.3 Å². The Morgan fingerprint density at radius 3 is 2.29 bits per heavy atom. The third kappa shape index (κ3) is 3.56. The Hall–Kier alpha value is -2.43. The largest absolute Gasteiger partial charge is 0.279 e. The molecule has 0 fully saturated rings. The maximum atomic E-state index is 12.3. The van der Waals surface area contributed by atoms with Gasteiger partial charge in [0.15, 0.2) is 0 Å². The topological polar surface area (TPSA) is 75.6 Å². The molecule has 0 heterocycles. The van der Waals surface area contributed by atoms with E-state index in [9.17, 15) is 13.2 Å². The highest BCUT2D eigenvalue weighted by atomic mass is 32.2. The normalized spacial score (nSPS) is 10.8. The first kappa shape index (κ1) is 15.0. The summed E-state index contributed by atoms with van der Waals surface area (Å²) in [6.45, 7) is 3.78. The second kappa shape index (κ2) is 5.91. The second-order valence-corrected chi connectivity index (χ2v) is 6.30. The molecular formula is C15H14N2O3S. The van der Waals surface area contributed by atoms with E-state index in [4.69, 9.17) is 0 Å². The Balaban J connectivity index is 2.31. The van der Waals surface area contributed by atoms with Gasteiger partial charge in [0.2, 0.25) is 6.08 Å². The van der Waals surface area contributed by atoms with E-state index in [1.807, 2.05) is 26.0 Å². The van der Waals surface area contributed by atoms with Crippen molar-refractivity contribution in [2.45, 2.75) is 18.7 Å². The number of anilines is 1. The van der Waals surface area contributed by atoms with E-state index >= 15 is 0 Å². The average molecular weight is 302 g/mol. The molecule has 0 radical (unpaired) electrons. The number of rotatable bonds is 4. The van der Waals surface area contributed by atoms with Crippen molar-refractivity contribution in [1.82, 2.24) is 0 Å². The molecule has 0 unspecified atom stereocenters. The molecule has 0 amide bonds. The molecule has 108 valence electrons. The zero-order valence-electron chi connectivity index (χ0n) is 11.6. The van der Waals surface area contributed by atoms with Crippen LogP contribution < -0.4 is 4.72 Å². The number of carbonyl (C=O) groups excluding carboxylic acids is 1. The van der Waals surface area contributed by atoms with Gasteiger partial charge in [0.1, 0.15) is 0 Å². The summed E-state index contributed by atoms with van der Waals surface area (Å²) < 4.78 is 27.1. The number of aliphatic imine (C=N–C) groups is 1. The Morgan fingerprint density at radius 1 is 1.05 bits per heavy atom. The Labute approximate surface area is 123 Å². The number of isocyanates is 1.